The molecule has 276 valence electrons. The normalized spacial score (nSPS) is 29.8. The van der Waals surface area contributed by atoms with E-state index in [1.165, 1.54) is 48.5 Å². The fourth-order valence-electron chi connectivity index (χ4n) is 6.19. The standard InChI is InChI=1S/C36H54O13/c1-21(20-23-16-13-12-14-17-23)24(44-22(2)37)18-15-19-34-25(38)26(39)36(49-34,30(42)48-33(9,10)11)35(43,29(41)47-32(6,7)8)27(45-34)28(40)46-31(3,4)5/h12-14,16-17,21,24-27,38-39,43H,15,18-20H2,1-11H3/t21-,24-,25-,26-,27-,34+,35-,36+/m1/s1. The van der Waals surface area contributed by atoms with E-state index in [2.05, 4.69) is 0 Å². The van der Waals surface area contributed by atoms with Crippen LogP contribution in [0, 0.1) is 5.92 Å². The summed E-state index contributed by atoms with van der Waals surface area (Å²) in [4.78, 5) is 54.0. The fourth-order valence-corrected chi connectivity index (χ4v) is 6.19. The maximum Gasteiger partial charge on any atom is 0.346 e. The van der Waals surface area contributed by atoms with Crippen LogP contribution < -0.4 is 0 Å². The third-order valence-corrected chi connectivity index (χ3v) is 8.16. The second kappa shape index (κ2) is 14.3. The topological polar surface area (TPSA) is 184 Å². The van der Waals surface area contributed by atoms with Crippen LogP contribution in [0.2, 0.25) is 0 Å². The van der Waals surface area contributed by atoms with Crippen molar-refractivity contribution in [2.24, 2.45) is 5.92 Å². The molecule has 0 spiro atoms. The summed E-state index contributed by atoms with van der Waals surface area (Å²) in [7, 11) is 0. The van der Waals surface area contributed by atoms with Crippen molar-refractivity contribution in [3.05, 3.63) is 35.9 Å². The highest BCUT2D eigenvalue weighted by molar-refractivity contribution is 5.99. The number of hydrogen-bond acceptors (Lipinski definition) is 13. The largest absolute Gasteiger partial charge is 0.462 e. The molecule has 13 heteroatoms. The lowest BCUT2D eigenvalue weighted by atomic mass is 9.74. The lowest BCUT2D eigenvalue weighted by molar-refractivity contribution is -0.378. The summed E-state index contributed by atoms with van der Waals surface area (Å²) in [5, 5.41) is 35.7. The molecule has 8 atom stereocenters. The van der Waals surface area contributed by atoms with Crippen LogP contribution in [0.25, 0.3) is 0 Å². The third kappa shape index (κ3) is 8.80. The molecule has 0 aromatic heterocycles. The molecular weight excluding hydrogens is 640 g/mol. The Kier molecular flexibility index (Phi) is 11.7. The highest BCUT2D eigenvalue weighted by atomic mass is 16.8. The maximum atomic E-state index is 14.1. The van der Waals surface area contributed by atoms with Crippen molar-refractivity contribution in [3.63, 3.8) is 0 Å². The first-order valence-electron chi connectivity index (χ1n) is 16.7. The molecule has 2 aliphatic heterocycles. The number of fused-ring (bicyclic) bond motifs is 2. The molecule has 3 rings (SSSR count). The molecule has 0 aliphatic carbocycles. The van der Waals surface area contributed by atoms with Gasteiger partial charge in [0.1, 0.15) is 35.1 Å². The van der Waals surface area contributed by atoms with Gasteiger partial charge in [0, 0.05) is 13.3 Å². The molecular formula is C36H54O13. The molecule has 49 heavy (non-hydrogen) atoms. The van der Waals surface area contributed by atoms with E-state index in [1.807, 2.05) is 37.3 Å². The van der Waals surface area contributed by atoms with Gasteiger partial charge in [-0.15, -0.1) is 0 Å². The summed E-state index contributed by atoms with van der Waals surface area (Å²) < 4.78 is 34.4. The van der Waals surface area contributed by atoms with Crippen LogP contribution in [0.5, 0.6) is 0 Å². The van der Waals surface area contributed by atoms with E-state index in [4.69, 9.17) is 28.4 Å². The zero-order chi connectivity index (χ0) is 37.4. The number of carbonyl (C=O) groups excluding carboxylic acids is 4. The zero-order valence-corrected chi connectivity index (χ0v) is 30.5. The summed E-state index contributed by atoms with van der Waals surface area (Å²) in [5.41, 5.74) is -9.16. The monoisotopic (exact) mass is 694 g/mol. The molecule has 1 aromatic carbocycles. The minimum Gasteiger partial charge on any atom is -0.462 e. The van der Waals surface area contributed by atoms with E-state index in [0.29, 0.717) is 6.42 Å². The van der Waals surface area contributed by atoms with E-state index in [-0.39, 0.29) is 25.2 Å². The average Bonchev–Trinajstić information content (AvgIpc) is 3.13. The van der Waals surface area contributed by atoms with Gasteiger partial charge in [-0.25, -0.2) is 14.4 Å². The van der Waals surface area contributed by atoms with Crippen LogP contribution in [0.15, 0.2) is 30.3 Å². The van der Waals surface area contributed by atoms with Crippen molar-refractivity contribution in [1.29, 1.82) is 0 Å². The molecule has 1 aromatic rings. The van der Waals surface area contributed by atoms with Crippen molar-refractivity contribution in [1.82, 2.24) is 0 Å². The van der Waals surface area contributed by atoms with Gasteiger partial charge in [0.25, 0.3) is 0 Å². The van der Waals surface area contributed by atoms with Gasteiger partial charge in [0.05, 0.1) is 0 Å². The first-order valence-corrected chi connectivity index (χ1v) is 16.7. The van der Waals surface area contributed by atoms with Crippen molar-refractivity contribution in [3.8, 4) is 0 Å². The number of esters is 4. The van der Waals surface area contributed by atoms with E-state index in [1.54, 1.807) is 20.8 Å². The quantitative estimate of drug-likeness (QED) is 0.227. The predicted molar refractivity (Wildman–Crippen MR) is 175 cm³/mol. The van der Waals surface area contributed by atoms with Crippen LogP contribution in [0.3, 0.4) is 0 Å². The Morgan fingerprint density at radius 3 is 1.88 bits per heavy atom. The van der Waals surface area contributed by atoms with E-state index in [9.17, 15) is 34.5 Å². The maximum absolute atomic E-state index is 14.1. The van der Waals surface area contributed by atoms with Gasteiger partial charge >= 0.3 is 23.9 Å². The van der Waals surface area contributed by atoms with E-state index in [0.717, 1.165) is 5.56 Å². The summed E-state index contributed by atoms with van der Waals surface area (Å²) >= 11 is 0. The SMILES string of the molecule is CC(=O)O[C@H](CCC[C@]12O[C@H](C(=O)OC(C)(C)C)[C@@](O)(C(=O)OC(C)(C)C)[C@](C(=O)OC(C)(C)C)(O1)[C@H](O)[C@H]2O)[C@H](C)Cc1ccccc1. The Morgan fingerprint density at radius 1 is 0.837 bits per heavy atom. The number of carbonyl (C=O) groups is 4. The summed E-state index contributed by atoms with van der Waals surface area (Å²) in [6.45, 7) is 16.8. The van der Waals surface area contributed by atoms with Gasteiger partial charge < -0.3 is 43.7 Å². The van der Waals surface area contributed by atoms with Crippen LogP contribution >= 0.6 is 0 Å². The second-order valence-electron chi connectivity index (χ2n) is 16.0. The number of rotatable bonds is 11. The van der Waals surface area contributed by atoms with Gasteiger partial charge in [-0.3, -0.25) is 4.79 Å². The first kappa shape index (κ1) is 40.3. The molecule has 2 bridgehead atoms. The van der Waals surface area contributed by atoms with Gasteiger partial charge in [-0.1, -0.05) is 37.3 Å². The number of hydrogen-bond donors (Lipinski definition) is 3. The van der Waals surface area contributed by atoms with Gasteiger partial charge in [0.2, 0.25) is 17.3 Å². The number of aliphatic hydroxyl groups excluding tert-OH is 2. The minimum atomic E-state index is -3.41. The van der Waals surface area contributed by atoms with E-state index < -0.39 is 82.1 Å². The highest BCUT2D eigenvalue weighted by Gasteiger charge is 2.85. The molecule has 2 aliphatic rings. The number of aliphatic hydroxyl groups is 3. The lowest BCUT2D eigenvalue weighted by Crippen LogP contribution is -2.79. The Morgan fingerprint density at radius 2 is 1.37 bits per heavy atom. The first-order chi connectivity index (χ1) is 22.3. The summed E-state index contributed by atoms with van der Waals surface area (Å²) in [6, 6.07) is 9.62. The number of benzene rings is 1. The molecule has 0 amide bonds. The van der Waals surface area contributed by atoms with Crippen molar-refractivity contribution >= 4 is 23.9 Å². The van der Waals surface area contributed by atoms with Gasteiger partial charge in [0.15, 0.2) is 5.79 Å². The van der Waals surface area contributed by atoms with Gasteiger partial charge in [-0.2, -0.15) is 0 Å². The minimum absolute atomic E-state index is 0.108. The van der Waals surface area contributed by atoms with Crippen LogP contribution in [-0.2, 0) is 54.0 Å². The molecule has 0 radical (unpaired) electrons. The zero-order valence-electron chi connectivity index (χ0n) is 30.5. The molecule has 2 saturated heterocycles. The summed E-state index contributed by atoms with van der Waals surface area (Å²) in [6.07, 6.45) is -6.75. The van der Waals surface area contributed by atoms with Crippen LogP contribution in [0.4, 0.5) is 0 Å². The van der Waals surface area contributed by atoms with Crippen molar-refractivity contribution in [2.45, 2.75) is 160 Å². The molecule has 0 unspecified atom stereocenters. The fraction of sp³-hybridized carbons (Fsp3) is 0.722. The third-order valence-electron chi connectivity index (χ3n) is 8.16. The Hall–Kier alpha value is -3.10. The molecule has 2 fully saturated rings. The van der Waals surface area contributed by atoms with E-state index >= 15 is 0 Å². The smallest absolute Gasteiger partial charge is 0.346 e. The lowest BCUT2D eigenvalue weighted by Gasteiger charge is -2.51. The van der Waals surface area contributed by atoms with Crippen molar-refractivity contribution in [2.75, 3.05) is 0 Å². The van der Waals surface area contributed by atoms with Crippen LogP contribution in [-0.4, -0.2) is 97.4 Å². The van der Waals surface area contributed by atoms with Crippen molar-refractivity contribution < 1.29 is 62.9 Å². The van der Waals surface area contributed by atoms with Gasteiger partial charge in [-0.05, 0) is 93.1 Å². The molecule has 2 heterocycles. The second-order valence-corrected chi connectivity index (χ2v) is 16.0. The number of ether oxygens (including phenoxy) is 6. The Balaban J connectivity index is 2.11. The highest BCUT2D eigenvalue weighted by Crippen LogP contribution is 2.56. The molecule has 3 N–H and O–H groups in total. The summed E-state index contributed by atoms with van der Waals surface area (Å²) in [5.74, 6) is -7.25. The Bertz CT molecular complexity index is 1360. The van der Waals surface area contributed by atoms with Crippen LogP contribution in [0.1, 0.15) is 101 Å². The average molecular weight is 695 g/mol. The molecule has 13 nitrogen and oxygen atoms in total. The predicted octanol–water partition coefficient (Wildman–Crippen LogP) is 3.31. The Labute approximate surface area is 288 Å². The molecule has 0 saturated carbocycles.